The number of nitrogens with zero attached hydrogens (tertiary/aromatic N) is 2. The Bertz CT molecular complexity index is 509. The second kappa shape index (κ2) is 5.75. The Kier molecular flexibility index (Phi) is 4.06. The van der Waals surface area contributed by atoms with Gasteiger partial charge >= 0.3 is 6.03 Å². The Morgan fingerprint density at radius 3 is 2.95 bits per heavy atom. The lowest BCUT2D eigenvalue weighted by molar-refractivity contribution is -0.384. The molecule has 1 fully saturated rings. The zero-order valence-corrected chi connectivity index (χ0v) is 10.7. The van der Waals surface area contributed by atoms with Crippen LogP contribution in [0.15, 0.2) is 18.2 Å². The molecule has 1 aromatic carbocycles. The van der Waals surface area contributed by atoms with Gasteiger partial charge in [0, 0.05) is 19.2 Å². The van der Waals surface area contributed by atoms with Crippen molar-refractivity contribution in [2.45, 2.75) is 0 Å². The third-order valence-corrected chi connectivity index (χ3v) is 3.00. The van der Waals surface area contributed by atoms with Crippen LogP contribution < -0.4 is 10.1 Å². The molecule has 0 aliphatic carbocycles. The van der Waals surface area contributed by atoms with E-state index in [1.165, 1.54) is 18.2 Å². The maximum atomic E-state index is 11.3. The Morgan fingerprint density at radius 2 is 2.32 bits per heavy atom. The Hall–Kier alpha value is -2.02. The molecule has 1 N–H and O–H groups in total. The van der Waals surface area contributed by atoms with Crippen molar-refractivity contribution in [2.75, 3.05) is 26.2 Å². The predicted molar refractivity (Wildman–Crippen MR) is 68.6 cm³/mol. The Balaban J connectivity index is 1.93. The summed E-state index contributed by atoms with van der Waals surface area (Å²) in [7, 11) is 0. The number of non-ortho nitro benzene ring substituents is 1. The molecule has 8 heteroatoms. The van der Waals surface area contributed by atoms with Crippen molar-refractivity contribution >= 4 is 23.3 Å². The van der Waals surface area contributed by atoms with Gasteiger partial charge in [0.15, 0.2) is 0 Å². The fourth-order valence-electron chi connectivity index (χ4n) is 1.71. The largest absolute Gasteiger partial charge is 0.490 e. The lowest BCUT2D eigenvalue weighted by Gasteiger charge is -2.14. The van der Waals surface area contributed by atoms with Gasteiger partial charge in [0.1, 0.15) is 12.4 Å². The fourth-order valence-corrected chi connectivity index (χ4v) is 1.88. The van der Waals surface area contributed by atoms with E-state index in [0.29, 0.717) is 24.7 Å². The number of hydrogen-bond donors (Lipinski definition) is 1. The summed E-state index contributed by atoms with van der Waals surface area (Å²) < 4.78 is 5.38. The Labute approximate surface area is 114 Å². The SMILES string of the molecule is O=C1NCCN1CCOc1cc([N+](=O)[O-])ccc1Cl. The first-order valence-electron chi connectivity index (χ1n) is 5.67. The first-order chi connectivity index (χ1) is 9.08. The van der Waals surface area contributed by atoms with E-state index >= 15 is 0 Å². The van der Waals surface area contributed by atoms with Gasteiger partial charge in [-0.25, -0.2) is 4.79 Å². The molecule has 19 heavy (non-hydrogen) atoms. The second-order valence-electron chi connectivity index (χ2n) is 3.94. The molecule has 0 unspecified atom stereocenters. The number of amides is 2. The highest BCUT2D eigenvalue weighted by molar-refractivity contribution is 6.32. The van der Waals surface area contributed by atoms with Crippen molar-refractivity contribution in [1.82, 2.24) is 10.2 Å². The number of halogens is 1. The summed E-state index contributed by atoms with van der Waals surface area (Å²) in [6.07, 6.45) is 0. The van der Waals surface area contributed by atoms with E-state index in [4.69, 9.17) is 16.3 Å². The molecule has 0 saturated carbocycles. The maximum absolute atomic E-state index is 11.3. The smallest absolute Gasteiger partial charge is 0.317 e. The summed E-state index contributed by atoms with van der Waals surface area (Å²) in [5, 5.41) is 13.6. The molecule has 0 bridgehead atoms. The third-order valence-electron chi connectivity index (χ3n) is 2.69. The van der Waals surface area contributed by atoms with E-state index in [1.807, 2.05) is 0 Å². The van der Waals surface area contributed by atoms with Crippen molar-refractivity contribution in [3.8, 4) is 5.75 Å². The van der Waals surface area contributed by atoms with Gasteiger partial charge in [0.05, 0.1) is 22.6 Å². The summed E-state index contributed by atoms with van der Waals surface area (Å²) in [5.74, 6) is 0.246. The number of nitro groups is 1. The molecule has 7 nitrogen and oxygen atoms in total. The van der Waals surface area contributed by atoms with Crippen LogP contribution in [-0.4, -0.2) is 42.1 Å². The van der Waals surface area contributed by atoms with Crippen LogP contribution in [0.5, 0.6) is 5.75 Å². The predicted octanol–water partition coefficient (Wildman–Crippen LogP) is 1.65. The maximum Gasteiger partial charge on any atom is 0.317 e. The summed E-state index contributed by atoms with van der Waals surface area (Å²) in [5.41, 5.74) is -0.0849. The zero-order chi connectivity index (χ0) is 13.8. The lowest BCUT2D eigenvalue weighted by atomic mass is 10.3. The molecule has 0 atom stereocenters. The lowest BCUT2D eigenvalue weighted by Crippen LogP contribution is -2.31. The van der Waals surface area contributed by atoms with Crippen LogP contribution in [0.25, 0.3) is 0 Å². The van der Waals surface area contributed by atoms with Crippen molar-refractivity contribution in [2.24, 2.45) is 0 Å². The van der Waals surface area contributed by atoms with Crippen LogP contribution in [0.3, 0.4) is 0 Å². The van der Waals surface area contributed by atoms with Gasteiger partial charge in [0.25, 0.3) is 5.69 Å². The summed E-state index contributed by atoms with van der Waals surface area (Å²) in [6, 6.07) is 3.86. The number of nitrogens with one attached hydrogen (secondary N) is 1. The minimum absolute atomic E-state index is 0.0849. The number of nitro benzene ring substituents is 1. The van der Waals surface area contributed by atoms with Crippen LogP contribution in [0.2, 0.25) is 5.02 Å². The van der Waals surface area contributed by atoms with Crippen molar-refractivity contribution in [1.29, 1.82) is 0 Å². The monoisotopic (exact) mass is 285 g/mol. The molecule has 0 aromatic heterocycles. The van der Waals surface area contributed by atoms with Crippen LogP contribution >= 0.6 is 11.6 Å². The summed E-state index contributed by atoms with van der Waals surface area (Å²) >= 11 is 5.88. The molecular weight excluding hydrogens is 274 g/mol. The summed E-state index contributed by atoms with van der Waals surface area (Å²) in [4.78, 5) is 23.0. The fraction of sp³-hybridized carbons (Fsp3) is 0.364. The van der Waals surface area contributed by atoms with Crippen molar-refractivity contribution in [3.05, 3.63) is 33.3 Å². The number of ether oxygens (including phenoxy) is 1. The van der Waals surface area contributed by atoms with Gasteiger partial charge < -0.3 is 15.0 Å². The second-order valence-corrected chi connectivity index (χ2v) is 4.35. The van der Waals surface area contributed by atoms with Gasteiger partial charge in [0.2, 0.25) is 0 Å². The normalized spacial score (nSPS) is 14.4. The molecule has 1 aliphatic rings. The van der Waals surface area contributed by atoms with E-state index in [-0.39, 0.29) is 24.1 Å². The molecule has 1 saturated heterocycles. The standard InChI is InChI=1S/C11H12ClN3O4/c12-9-2-1-8(15(17)18)7-10(9)19-6-5-14-4-3-13-11(14)16/h1-2,7H,3-6H2,(H,13,16). The van der Waals surface area contributed by atoms with Crippen LogP contribution in [0, 0.1) is 10.1 Å². The molecule has 2 rings (SSSR count). The number of carbonyl (C=O) groups excluding carboxylic acids is 1. The van der Waals surface area contributed by atoms with Gasteiger partial charge in [-0.05, 0) is 6.07 Å². The average molecular weight is 286 g/mol. The number of benzene rings is 1. The number of urea groups is 1. The third kappa shape index (κ3) is 3.25. The first kappa shape index (κ1) is 13.4. The van der Waals surface area contributed by atoms with Crippen molar-refractivity contribution in [3.63, 3.8) is 0 Å². The highest BCUT2D eigenvalue weighted by Gasteiger charge is 2.19. The zero-order valence-electron chi connectivity index (χ0n) is 9.97. The average Bonchev–Trinajstić information content (AvgIpc) is 2.77. The van der Waals surface area contributed by atoms with E-state index in [1.54, 1.807) is 4.90 Å². The topological polar surface area (TPSA) is 84.7 Å². The molecule has 2 amide bonds. The highest BCUT2D eigenvalue weighted by atomic mass is 35.5. The van der Waals surface area contributed by atoms with Crippen LogP contribution in [-0.2, 0) is 0 Å². The van der Waals surface area contributed by atoms with Gasteiger partial charge in [-0.3, -0.25) is 10.1 Å². The molecule has 1 aromatic rings. The molecule has 0 spiro atoms. The van der Waals surface area contributed by atoms with Crippen molar-refractivity contribution < 1.29 is 14.5 Å². The Morgan fingerprint density at radius 1 is 1.53 bits per heavy atom. The number of hydrogen-bond acceptors (Lipinski definition) is 4. The first-order valence-corrected chi connectivity index (χ1v) is 6.05. The van der Waals surface area contributed by atoms with Gasteiger partial charge in [-0.15, -0.1) is 0 Å². The summed E-state index contributed by atoms with van der Waals surface area (Å²) in [6.45, 7) is 1.89. The molecule has 1 aliphatic heterocycles. The van der Waals surface area contributed by atoms with Gasteiger partial charge in [-0.1, -0.05) is 11.6 Å². The number of rotatable bonds is 5. The van der Waals surface area contributed by atoms with Gasteiger partial charge in [-0.2, -0.15) is 0 Å². The number of carbonyl (C=O) groups is 1. The van der Waals surface area contributed by atoms with E-state index < -0.39 is 4.92 Å². The van der Waals surface area contributed by atoms with Crippen LogP contribution in [0.1, 0.15) is 0 Å². The minimum Gasteiger partial charge on any atom is -0.490 e. The van der Waals surface area contributed by atoms with E-state index in [9.17, 15) is 14.9 Å². The quantitative estimate of drug-likeness (QED) is 0.658. The molecule has 0 radical (unpaired) electrons. The molecule has 1 heterocycles. The molecular formula is C11H12ClN3O4. The highest BCUT2D eigenvalue weighted by Crippen LogP contribution is 2.28. The minimum atomic E-state index is -0.517. The van der Waals surface area contributed by atoms with Crippen LogP contribution in [0.4, 0.5) is 10.5 Å². The molecule has 102 valence electrons. The van der Waals surface area contributed by atoms with E-state index in [0.717, 1.165) is 0 Å². The van der Waals surface area contributed by atoms with E-state index in [2.05, 4.69) is 5.32 Å².